The van der Waals surface area contributed by atoms with Crippen molar-refractivity contribution in [3.63, 3.8) is 0 Å². The summed E-state index contributed by atoms with van der Waals surface area (Å²) in [4.78, 5) is 2.63. The van der Waals surface area contributed by atoms with Crippen molar-refractivity contribution in [3.8, 4) is 6.07 Å². The van der Waals surface area contributed by atoms with Gasteiger partial charge in [0.2, 0.25) is 0 Å². The second-order valence-electron chi connectivity index (χ2n) is 6.81. The zero-order valence-electron chi connectivity index (χ0n) is 14.1. The van der Waals surface area contributed by atoms with E-state index >= 15 is 0 Å². The smallest absolute Gasteiger partial charge is 0.0672 e. The third-order valence-corrected chi connectivity index (χ3v) is 4.90. The highest BCUT2D eigenvalue weighted by Crippen LogP contribution is 2.35. The number of hydrogen-bond acceptors (Lipinski definition) is 2. The lowest BCUT2D eigenvalue weighted by molar-refractivity contribution is 0.0702. The molecule has 0 aromatic carbocycles. The Balaban J connectivity index is 2.69. The van der Waals surface area contributed by atoms with Gasteiger partial charge in [0, 0.05) is 12.1 Å². The van der Waals surface area contributed by atoms with Crippen LogP contribution in [0.2, 0.25) is 0 Å². The van der Waals surface area contributed by atoms with Crippen LogP contribution in [0.15, 0.2) is 0 Å². The number of rotatable bonds is 8. The van der Waals surface area contributed by atoms with Crippen LogP contribution in [-0.2, 0) is 0 Å². The second kappa shape index (κ2) is 9.40. The van der Waals surface area contributed by atoms with Crippen molar-refractivity contribution >= 4 is 0 Å². The van der Waals surface area contributed by atoms with Gasteiger partial charge < -0.3 is 0 Å². The molecule has 0 radical (unpaired) electrons. The maximum Gasteiger partial charge on any atom is 0.0672 e. The maximum atomic E-state index is 9.50. The summed E-state index contributed by atoms with van der Waals surface area (Å²) in [5.74, 6) is 1.11. The van der Waals surface area contributed by atoms with Crippen molar-refractivity contribution < 1.29 is 0 Å². The van der Waals surface area contributed by atoms with Gasteiger partial charge in [-0.15, -0.1) is 0 Å². The minimum absolute atomic E-state index is 0.257. The van der Waals surface area contributed by atoms with Crippen LogP contribution < -0.4 is 0 Å². The minimum atomic E-state index is 0.257. The average molecular weight is 278 g/mol. The van der Waals surface area contributed by atoms with Crippen molar-refractivity contribution in [2.24, 2.45) is 11.8 Å². The predicted molar refractivity (Wildman–Crippen MR) is 86.5 cm³/mol. The molecule has 1 fully saturated rings. The van der Waals surface area contributed by atoms with Crippen molar-refractivity contribution in [2.45, 2.75) is 91.1 Å². The summed E-state index contributed by atoms with van der Waals surface area (Å²) in [6.45, 7) is 10.3. The van der Waals surface area contributed by atoms with Crippen LogP contribution in [0.25, 0.3) is 0 Å². The molecule has 1 aliphatic carbocycles. The van der Waals surface area contributed by atoms with Gasteiger partial charge in [-0.05, 0) is 52.0 Å². The number of unbranched alkanes of at least 4 members (excludes halogenated alkanes) is 2. The van der Waals surface area contributed by atoms with E-state index < -0.39 is 0 Å². The van der Waals surface area contributed by atoms with Crippen LogP contribution in [0.5, 0.6) is 0 Å². The molecule has 0 bridgehead atoms. The summed E-state index contributed by atoms with van der Waals surface area (Å²) in [6.07, 6.45) is 10.1. The van der Waals surface area contributed by atoms with Crippen LogP contribution in [0.4, 0.5) is 0 Å². The molecule has 20 heavy (non-hydrogen) atoms. The van der Waals surface area contributed by atoms with E-state index in [0.29, 0.717) is 12.1 Å². The van der Waals surface area contributed by atoms with Gasteiger partial charge in [-0.1, -0.05) is 39.5 Å². The zero-order chi connectivity index (χ0) is 15.0. The van der Waals surface area contributed by atoms with Crippen LogP contribution in [0.1, 0.15) is 79.1 Å². The van der Waals surface area contributed by atoms with Crippen molar-refractivity contribution in [2.75, 3.05) is 6.54 Å². The monoisotopic (exact) mass is 278 g/mol. The van der Waals surface area contributed by atoms with E-state index in [9.17, 15) is 5.26 Å². The van der Waals surface area contributed by atoms with Gasteiger partial charge in [0.05, 0.1) is 12.0 Å². The van der Waals surface area contributed by atoms with Crippen molar-refractivity contribution in [1.29, 1.82) is 5.26 Å². The van der Waals surface area contributed by atoms with Crippen LogP contribution in [-0.4, -0.2) is 23.5 Å². The molecule has 2 heteroatoms. The molecule has 116 valence electrons. The van der Waals surface area contributed by atoms with E-state index in [1.54, 1.807) is 0 Å². The number of nitriles is 1. The molecule has 0 aromatic rings. The summed E-state index contributed by atoms with van der Waals surface area (Å²) in [5, 5.41) is 9.50. The topological polar surface area (TPSA) is 27.0 Å². The SMILES string of the molecule is CCCCCN(C(C)C)C1CC(CCC)CCC1C#N. The highest BCUT2D eigenvalue weighted by Gasteiger charge is 2.34. The third-order valence-electron chi connectivity index (χ3n) is 4.90. The molecule has 1 aliphatic rings. The Morgan fingerprint density at radius 1 is 1.15 bits per heavy atom. The molecule has 2 nitrogen and oxygen atoms in total. The van der Waals surface area contributed by atoms with E-state index in [0.717, 1.165) is 12.3 Å². The Kier molecular flexibility index (Phi) is 8.22. The largest absolute Gasteiger partial charge is 0.297 e. The molecule has 3 atom stereocenters. The number of nitrogens with zero attached hydrogens (tertiary/aromatic N) is 2. The second-order valence-corrected chi connectivity index (χ2v) is 6.81. The highest BCUT2D eigenvalue weighted by atomic mass is 15.2. The molecular weight excluding hydrogens is 244 g/mol. The lowest BCUT2D eigenvalue weighted by atomic mass is 9.76. The third kappa shape index (κ3) is 5.09. The molecule has 0 heterocycles. The van der Waals surface area contributed by atoms with E-state index in [-0.39, 0.29) is 5.92 Å². The standard InChI is InChI=1S/C18H34N2/c1-5-7-8-12-20(15(3)4)18-13-16(9-6-2)10-11-17(18)14-19/h15-18H,5-13H2,1-4H3. The van der Waals surface area contributed by atoms with Crippen LogP contribution in [0, 0.1) is 23.2 Å². The van der Waals surface area contributed by atoms with E-state index in [2.05, 4.69) is 38.7 Å². The first kappa shape index (κ1) is 17.5. The molecule has 0 saturated heterocycles. The van der Waals surface area contributed by atoms with Gasteiger partial charge in [0.25, 0.3) is 0 Å². The first-order valence-corrected chi connectivity index (χ1v) is 8.79. The Morgan fingerprint density at radius 2 is 1.90 bits per heavy atom. The molecule has 1 rings (SSSR count). The molecular formula is C18H34N2. The quantitative estimate of drug-likeness (QED) is 0.584. The van der Waals surface area contributed by atoms with Gasteiger partial charge >= 0.3 is 0 Å². The fourth-order valence-corrected chi connectivity index (χ4v) is 3.77. The predicted octanol–water partition coefficient (Wildman–Crippen LogP) is 5.00. The van der Waals surface area contributed by atoms with Crippen molar-refractivity contribution in [1.82, 2.24) is 4.90 Å². The normalized spacial score (nSPS) is 26.9. The average Bonchev–Trinajstić information content (AvgIpc) is 2.43. The molecule has 0 aromatic heterocycles. The van der Waals surface area contributed by atoms with Crippen LogP contribution in [0.3, 0.4) is 0 Å². The Morgan fingerprint density at radius 3 is 2.45 bits per heavy atom. The summed E-state index contributed by atoms with van der Waals surface area (Å²) in [6, 6.07) is 3.67. The zero-order valence-corrected chi connectivity index (χ0v) is 14.1. The van der Waals surface area contributed by atoms with E-state index in [1.807, 2.05) is 0 Å². The molecule has 0 aliphatic heterocycles. The first-order chi connectivity index (χ1) is 9.63. The Hall–Kier alpha value is -0.550. The molecule has 0 spiro atoms. The minimum Gasteiger partial charge on any atom is -0.297 e. The van der Waals surface area contributed by atoms with Gasteiger partial charge in [0.1, 0.15) is 0 Å². The fraction of sp³-hybridized carbons (Fsp3) is 0.944. The van der Waals surface area contributed by atoms with E-state index in [4.69, 9.17) is 0 Å². The van der Waals surface area contributed by atoms with Crippen molar-refractivity contribution in [3.05, 3.63) is 0 Å². The number of hydrogen-bond donors (Lipinski definition) is 0. The summed E-state index contributed by atoms with van der Waals surface area (Å²) < 4.78 is 0. The van der Waals surface area contributed by atoms with E-state index in [1.165, 1.54) is 51.5 Å². The Bertz CT molecular complexity index is 292. The molecule has 3 unspecified atom stereocenters. The summed E-state index contributed by atoms with van der Waals surface area (Å²) in [5.41, 5.74) is 0. The molecule has 0 amide bonds. The Labute approximate surface area is 126 Å². The maximum absolute atomic E-state index is 9.50. The van der Waals surface area contributed by atoms with Crippen LogP contribution >= 0.6 is 0 Å². The van der Waals surface area contributed by atoms with Gasteiger partial charge in [0.15, 0.2) is 0 Å². The van der Waals surface area contributed by atoms with Gasteiger partial charge in [-0.25, -0.2) is 0 Å². The van der Waals surface area contributed by atoms with Gasteiger partial charge in [-0.2, -0.15) is 5.26 Å². The molecule has 1 saturated carbocycles. The lowest BCUT2D eigenvalue weighted by Crippen LogP contribution is -2.47. The summed E-state index contributed by atoms with van der Waals surface area (Å²) in [7, 11) is 0. The highest BCUT2D eigenvalue weighted by molar-refractivity contribution is 4.98. The first-order valence-electron chi connectivity index (χ1n) is 8.79. The summed E-state index contributed by atoms with van der Waals surface area (Å²) >= 11 is 0. The molecule has 0 N–H and O–H groups in total. The lowest BCUT2D eigenvalue weighted by Gasteiger charge is -2.42. The fourth-order valence-electron chi connectivity index (χ4n) is 3.77. The van der Waals surface area contributed by atoms with Gasteiger partial charge in [-0.3, -0.25) is 4.90 Å².